The van der Waals surface area contributed by atoms with Gasteiger partial charge < -0.3 is 9.47 Å². The van der Waals surface area contributed by atoms with E-state index in [2.05, 4.69) is 34.6 Å². The number of hydrogen-bond donors (Lipinski definition) is 0. The lowest BCUT2D eigenvalue weighted by Crippen LogP contribution is -2.59. The molecule has 0 aromatic carbocycles. The number of Topliss-reactive ketones (excluding diaryl/α,β-unsaturated/α-hetero) is 1. The molecule has 1 spiro atoms. The number of carbonyl (C=O) groups excluding carboxylic acids is 1. The summed E-state index contributed by atoms with van der Waals surface area (Å²) in [7, 11) is 1.97. The van der Waals surface area contributed by atoms with E-state index in [1.807, 2.05) is 7.11 Å². The van der Waals surface area contributed by atoms with Gasteiger partial charge in [0.2, 0.25) is 0 Å². The molecule has 3 nitrogen and oxygen atoms in total. The smallest absolute Gasteiger partial charge is 0.138 e. The van der Waals surface area contributed by atoms with Crippen molar-refractivity contribution >= 4 is 5.78 Å². The predicted octanol–water partition coefficient (Wildman–Crippen LogP) is 6.04. The summed E-state index contributed by atoms with van der Waals surface area (Å²) in [6, 6.07) is 0. The minimum Gasteiger partial charge on any atom is -0.381 e. The molecule has 5 aliphatic carbocycles. The van der Waals surface area contributed by atoms with Crippen molar-refractivity contribution in [3.63, 3.8) is 0 Å². The first-order chi connectivity index (χ1) is 14.7. The average Bonchev–Trinajstić information content (AvgIpc) is 3.60. The van der Waals surface area contributed by atoms with Crippen LogP contribution in [-0.2, 0) is 14.3 Å². The van der Waals surface area contributed by atoms with E-state index in [1.54, 1.807) is 0 Å². The number of fused-ring (bicyclic) bond motifs is 6. The molecule has 6 aliphatic rings. The quantitative estimate of drug-likeness (QED) is 0.484. The highest BCUT2D eigenvalue weighted by molar-refractivity contribution is 5.83. The summed E-state index contributed by atoms with van der Waals surface area (Å²) >= 11 is 0. The number of epoxide rings is 1. The fourth-order valence-electron chi connectivity index (χ4n) is 10.7. The van der Waals surface area contributed by atoms with Crippen molar-refractivity contribution in [3.8, 4) is 0 Å². The van der Waals surface area contributed by atoms with Gasteiger partial charge in [-0.2, -0.15) is 0 Å². The zero-order valence-electron chi connectivity index (χ0n) is 20.7. The van der Waals surface area contributed by atoms with Crippen LogP contribution in [0.1, 0.15) is 92.4 Å². The number of ketones is 1. The highest BCUT2D eigenvalue weighted by atomic mass is 16.6. The van der Waals surface area contributed by atoms with Crippen molar-refractivity contribution in [1.82, 2.24) is 0 Å². The van der Waals surface area contributed by atoms with E-state index < -0.39 is 0 Å². The van der Waals surface area contributed by atoms with Crippen LogP contribution >= 0.6 is 0 Å². The zero-order valence-corrected chi connectivity index (χ0v) is 20.7. The summed E-state index contributed by atoms with van der Waals surface area (Å²) in [5, 5.41) is 0. The van der Waals surface area contributed by atoms with Crippen LogP contribution in [0.25, 0.3) is 0 Å². The van der Waals surface area contributed by atoms with Crippen LogP contribution in [0.2, 0.25) is 0 Å². The molecular formula is C28H44O3. The van der Waals surface area contributed by atoms with Crippen LogP contribution in [-0.4, -0.2) is 30.7 Å². The van der Waals surface area contributed by atoms with E-state index in [9.17, 15) is 4.79 Å². The second kappa shape index (κ2) is 6.38. The molecule has 6 rings (SSSR count). The van der Waals surface area contributed by atoms with Crippen LogP contribution in [0.4, 0.5) is 0 Å². The molecule has 0 bridgehead atoms. The minimum absolute atomic E-state index is 0.0471. The number of ether oxygens (including phenoxy) is 2. The summed E-state index contributed by atoms with van der Waals surface area (Å²) in [5.41, 5.74) is 0.952. The molecular weight excluding hydrogens is 384 g/mol. The zero-order chi connectivity index (χ0) is 22.0. The van der Waals surface area contributed by atoms with Gasteiger partial charge in [0.05, 0.1) is 12.2 Å². The molecule has 0 aromatic heterocycles. The van der Waals surface area contributed by atoms with Gasteiger partial charge in [0.15, 0.2) is 0 Å². The first-order valence-corrected chi connectivity index (χ1v) is 13.4. The molecule has 174 valence electrons. The Morgan fingerprint density at radius 3 is 2.48 bits per heavy atom. The van der Waals surface area contributed by atoms with Crippen LogP contribution < -0.4 is 0 Å². The van der Waals surface area contributed by atoms with E-state index >= 15 is 0 Å². The minimum atomic E-state index is -0.174. The van der Waals surface area contributed by atoms with Crippen molar-refractivity contribution in [2.75, 3.05) is 7.11 Å². The molecule has 5 saturated carbocycles. The molecule has 1 heterocycles. The Bertz CT molecular complexity index is 791. The van der Waals surface area contributed by atoms with Crippen molar-refractivity contribution in [3.05, 3.63) is 0 Å². The third-order valence-electron chi connectivity index (χ3n) is 12.4. The molecule has 3 heteroatoms. The van der Waals surface area contributed by atoms with Crippen LogP contribution in [0, 0.1) is 51.8 Å². The van der Waals surface area contributed by atoms with Gasteiger partial charge in [0.1, 0.15) is 11.4 Å². The number of methoxy groups -OCH3 is 1. The molecule has 6 fully saturated rings. The Hall–Kier alpha value is -0.410. The Kier molecular flexibility index (Phi) is 4.35. The molecule has 31 heavy (non-hydrogen) atoms. The third kappa shape index (κ3) is 2.32. The van der Waals surface area contributed by atoms with Gasteiger partial charge in [-0.3, -0.25) is 4.79 Å². The molecule has 0 radical (unpaired) electrons. The second-order valence-electron chi connectivity index (χ2n) is 13.4. The normalized spacial score (nSPS) is 56.9. The summed E-state index contributed by atoms with van der Waals surface area (Å²) in [5.74, 6) is 4.32. The Morgan fingerprint density at radius 1 is 1.06 bits per heavy atom. The maximum absolute atomic E-state index is 13.2. The van der Waals surface area contributed by atoms with E-state index in [0.29, 0.717) is 40.7 Å². The van der Waals surface area contributed by atoms with Gasteiger partial charge in [-0.25, -0.2) is 0 Å². The highest BCUT2D eigenvalue weighted by Gasteiger charge is 2.82. The lowest BCUT2D eigenvalue weighted by Gasteiger charge is -2.61. The van der Waals surface area contributed by atoms with Crippen molar-refractivity contribution in [1.29, 1.82) is 0 Å². The van der Waals surface area contributed by atoms with Crippen molar-refractivity contribution in [2.24, 2.45) is 51.8 Å². The molecule has 0 unspecified atom stereocenters. The summed E-state index contributed by atoms with van der Waals surface area (Å²) in [6.07, 6.45) is 11.8. The fourth-order valence-corrected chi connectivity index (χ4v) is 10.7. The first-order valence-electron chi connectivity index (χ1n) is 13.4. The van der Waals surface area contributed by atoms with E-state index in [-0.39, 0.29) is 16.9 Å². The Morgan fingerprint density at radius 2 is 1.81 bits per heavy atom. The standard InChI is InChI=1S/C28H44O3/c1-16(2)7-8-22(29)17(3)28-24(31-28)14-21-19-13-23(30-6)27-15-18(27)9-11-25(27,4)20(19)10-12-26(21,28)5/h16-21,23-24H,7-15H2,1-6H3/t17-,18-,19-,20+,21+,23-,24-,25-,26+,27+,28-/m1/s1. The van der Waals surface area contributed by atoms with Crippen molar-refractivity contribution in [2.45, 2.75) is 110 Å². The van der Waals surface area contributed by atoms with Gasteiger partial charge in [-0.1, -0.05) is 34.6 Å². The molecule has 1 aliphatic heterocycles. The van der Waals surface area contributed by atoms with Crippen LogP contribution in [0.15, 0.2) is 0 Å². The van der Waals surface area contributed by atoms with Crippen LogP contribution in [0.5, 0.6) is 0 Å². The highest BCUT2D eigenvalue weighted by Crippen LogP contribution is 2.83. The predicted molar refractivity (Wildman–Crippen MR) is 122 cm³/mol. The molecule has 11 atom stereocenters. The Balaban J connectivity index is 1.29. The SMILES string of the molecule is CO[C@@H]1C[C@H]2[C@@H]3C[C@H]4O[C@@]4([C@H](C)C(=O)CCC(C)C)[C@@]3(C)CC[C@@H]2[C@@]2(C)CC[C@@H]3C[C@]312. The third-order valence-corrected chi connectivity index (χ3v) is 12.4. The van der Waals surface area contributed by atoms with Gasteiger partial charge >= 0.3 is 0 Å². The van der Waals surface area contributed by atoms with E-state index in [1.165, 1.54) is 44.9 Å². The molecule has 1 saturated heterocycles. The summed E-state index contributed by atoms with van der Waals surface area (Å²) in [6.45, 7) is 11.8. The Labute approximate surface area is 189 Å². The number of hydrogen-bond acceptors (Lipinski definition) is 3. The number of carbonyl (C=O) groups is 1. The monoisotopic (exact) mass is 428 g/mol. The topological polar surface area (TPSA) is 38.8 Å². The van der Waals surface area contributed by atoms with Crippen LogP contribution in [0.3, 0.4) is 0 Å². The van der Waals surface area contributed by atoms with Gasteiger partial charge in [-0.05, 0) is 86.4 Å². The summed E-state index contributed by atoms with van der Waals surface area (Å²) in [4.78, 5) is 13.2. The average molecular weight is 429 g/mol. The molecule has 0 aromatic rings. The lowest BCUT2D eigenvalue weighted by atomic mass is 9.44. The maximum Gasteiger partial charge on any atom is 0.138 e. The first kappa shape index (κ1) is 21.1. The number of rotatable bonds is 6. The second-order valence-corrected chi connectivity index (χ2v) is 13.4. The van der Waals surface area contributed by atoms with Gasteiger partial charge in [0, 0.05) is 30.3 Å². The fraction of sp³-hybridized carbons (Fsp3) is 0.964. The van der Waals surface area contributed by atoms with Gasteiger partial charge in [-0.15, -0.1) is 0 Å². The lowest BCUT2D eigenvalue weighted by molar-refractivity contribution is -0.174. The van der Waals surface area contributed by atoms with E-state index in [4.69, 9.17) is 9.47 Å². The van der Waals surface area contributed by atoms with Crippen molar-refractivity contribution < 1.29 is 14.3 Å². The largest absolute Gasteiger partial charge is 0.381 e. The molecule has 0 amide bonds. The summed E-state index contributed by atoms with van der Waals surface area (Å²) < 4.78 is 12.8. The maximum atomic E-state index is 13.2. The van der Waals surface area contributed by atoms with Gasteiger partial charge in [0.25, 0.3) is 0 Å². The molecule has 0 N–H and O–H groups in total. The van der Waals surface area contributed by atoms with E-state index in [0.717, 1.165) is 30.6 Å².